The number of aromatic nitrogens is 2. The summed E-state index contributed by atoms with van der Waals surface area (Å²) >= 11 is 5.97. The minimum Gasteiger partial charge on any atom is -0.493 e. The number of fused-ring (bicyclic) bond motifs is 1. The summed E-state index contributed by atoms with van der Waals surface area (Å²) in [5, 5.41) is 22.7. The van der Waals surface area contributed by atoms with E-state index in [0.717, 1.165) is 22.8 Å². The number of nitrogens with zero attached hydrogens (tertiary/aromatic N) is 2. The summed E-state index contributed by atoms with van der Waals surface area (Å²) in [6.45, 7) is -0.532. The standard InChI is InChI=1S/C22H17ClF2N4O4/c23-13-2-3-14-12(10-27-17(14)9-13)8-18-21(32)29(22(33)28-18)19(20(31)26-5-6-30)11-1-4-15(24)16(25)7-11/h1-4,7-10,19,30,32H,5-6H2,(H,26,31)(H,28,33)/b12-8+. The number of nitrogens with one attached hydrogen (secondary N) is 2. The van der Waals surface area contributed by atoms with Gasteiger partial charge in [-0.1, -0.05) is 23.7 Å². The van der Waals surface area contributed by atoms with Crippen molar-refractivity contribution in [3.05, 3.63) is 80.4 Å². The summed E-state index contributed by atoms with van der Waals surface area (Å²) in [6.07, 6.45) is 2.99. The molecule has 1 aliphatic heterocycles. The van der Waals surface area contributed by atoms with Crippen LogP contribution in [0, 0.1) is 11.6 Å². The van der Waals surface area contributed by atoms with E-state index in [-0.39, 0.29) is 24.4 Å². The number of carbonyl (C=O) groups excluding carboxylic acids is 1. The number of amides is 1. The molecule has 3 aromatic rings. The van der Waals surface area contributed by atoms with Crippen molar-refractivity contribution in [3.63, 3.8) is 0 Å². The normalized spacial score (nSPS) is 14.5. The topological polar surface area (TPSA) is 120 Å². The molecule has 2 aromatic carbocycles. The number of benzene rings is 2. The number of halogens is 3. The number of rotatable bonds is 6. The number of imidazole rings is 1. The Hall–Kier alpha value is -3.76. The summed E-state index contributed by atoms with van der Waals surface area (Å²) < 4.78 is 28.0. The summed E-state index contributed by atoms with van der Waals surface area (Å²) in [6, 6.07) is 6.22. The molecular weight excluding hydrogens is 458 g/mol. The smallest absolute Gasteiger partial charge is 0.329 e. The van der Waals surface area contributed by atoms with Crippen molar-refractivity contribution in [3.8, 4) is 5.88 Å². The molecule has 8 nitrogen and oxygen atoms in total. The van der Waals surface area contributed by atoms with Crippen molar-refractivity contribution in [2.45, 2.75) is 6.04 Å². The molecular formula is C22H17ClF2N4O4. The molecule has 0 radical (unpaired) electrons. The van der Waals surface area contributed by atoms with Crippen LogP contribution in [0.5, 0.6) is 5.88 Å². The van der Waals surface area contributed by atoms with E-state index in [1.807, 2.05) is 0 Å². The van der Waals surface area contributed by atoms with Gasteiger partial charge in [0.05, 0.1) is 12.3 Å². The Morgan fingerprint density at radius 3 is 2.76 bits per heavy atom. The first-order chi connectivity index (χ1) is 15.8. The Morgan fingerprint density at radius 2 is 2.03 bits per heavy atom. The second-order valence-electron chi connectivity index (χ2n) is 7.15. The molecule has 2 heterocycles. The fraction of sp³-hybridized carbons (Fsp3) is 0.136. The number of carbonyl (C=O) groups is 1. The van der Waals surface area contributed by atoms with Crippen molar-refractivity contribution in [1.29, 1.82) is 0 Å². The average Bonchev–Trinajstić information content (AvgIpc) is 3.30. The molecule has 1 aromatic heterocycles. The van der Waals surface area contributed by atoms with E-state index in [1.54, 1.807) is 18.2 Å². The Labute approximate surface area is 190 Å². The van der Waals surface area contributed by atoms with Gasteiger partial charge in [0.1, 0.15) is 11.7 Å². The molecule has 1 unspecified atom stereocenters. The van der Waals surface area contributed by atoms with E-state index in [2.05, 4.69) is 15.3 Å². The average molecular weight is 475 g/mol. The maximum atomic E-state index is 13.9. The van der Waals surface area contributed by atoms with E-state index in [0.29, 0.717) is 21.8 Å². The van der Waals surface area contributed by atoms with Crippen molar-refractivity contribution < 1.29 is 23.8 Å². The molecule has 1 atom stereocenters. The van der Waals surface area contributed by atoms with Crippen LogP contribution in [-0.2, 0) is 4.79 Å². The number of aromatic hydroxyl groups is 1. The molecule has 4 rings (SSSR count). The van der Waals surface area contributed by atoms with Gasteiger partial charge in [0.25, 0.3) is 0 Å². The Bertz CT molecular complexity index is 1360. The number of allylic oxidation sites excluding steroid dienone is 1. The zero-order valence-corrected chi connectivity index (χ0v) is 17.6. The first-order valence-corrected chi connectivity index (χ1v) is 10.1. The van der Waals surface area contributed by atoms with Gasteiger partial charge in [-0.3, -0.25) is 9.79 Å². The van der Waals surface area contributed by atoms with Crippen LogP contribution in [0.4, 0.5) is 14.5 Å². The van der Waals surface area contributed by atoms with E-state index >= 15 is 0 Å². The number of H-pyrrole nitrogens is 1. The van der Waals surface area contributed by atoms with Crippen LogP contribution < -0.4 is 11.0 Å². The number of aliphatic imine (C=N–C) groups is 1. The molecule has 0 fully saturated rings. The third-order valence-electron chi connectivity index (χ3n) is 5.02. The van der Waals surface area contributed by atoms with Crippen LogP contribution in [0.25, 0.3) is 11.6 Å². The van der Waals surface area contributed by atoms with Gasteiger partial charge in [0.2, 0.25) is 11.8 Å². The highest BCUT2D eigenvalue weighted by atomic mass is 35.5. The fourth-order valence-electron chi connectivity index (χ4n) is 3.51. The largest absolute Gasteiger partial charge is 0.493 e. The second kappa shape index (κ2) is 9.00. The zero-order chi connectivity index (χ0) is 23.7. The van der Waals surface area contributed by atoms with Crippen LogP contribution in [0.1, 0.15) is 22.9 Å². The van der Waals surface area contributed by atoms with Gasteiger partial charge in [-0.15, -0.1) is 0 Å². The number of aliphatic hydroxyl groups excluding tert-OH is 1. The monoisotopic (exact) mass is 474 g/mol. The zero-order valence-electron chi connectivity index (χ0n) is 16.8. The van der Waals surface area contributed by atoms with Crippen molar-refractivity contribution in [1.82, 2.24) is 14.9 Å². The lowest BCUT2D eigenvalue weighted by molar-refractivity contribution is -0.123. The summed E-state index contributed by atoms with van der Waals surface area (Å²) in [5.74, 6) is -3.77. The van der Waals surface area contributed by atoms with Crippen molar-refractivity contribution in [2.24, 2.45) is 4.99 Å². The number of aliphatic hydroxyl groups is 1. The SMILES string of the molecule is O=C(NCCO)C(c1ccc(F)c(F)c1)n1c(O)c(/C=C2\C=Nc3cc(Cl)ccc32)[nH]c1=O. The molecule has 4 N–H and O–H groups in total. The van der Waals surface area contributed by atoms with Gasteiger partial charge in [-0.2, -0.15) is 0 Å². The van der Waals surface area contributed by atoms with Crippen LogP contribution in [0.2, 0.25) is 5.02 Å². The van der Waals surface area contributed by atoms with Crippen molar-refractivity contribution >= 4 is 41.1 Å². The molecule has 0 aliphatic carbocycles. The lowest BCUT2D eigenvalue weighted by atomic mass is 10.0. The van der Waals surface area contributed by atoms with E-state index in [1.165, 1.54) is 12.3 Å². The highest BCUT2D eigenvalue weighted by molar-refractivity contribution is 6.31. The highest BCUT2D eigenvalue weighted by Gasteiger charge is 2.29. The molecule has 1 amide bonds. The summed E-state index contributed by atoms with van der Waals surface area (Å²) in [7, 11) is 0. The minimum atomic E-state index is -1.54. The van der Waals surface area contributed by atoms with E-state index in [9.17, 15) is 23.5 Å². The quantitative estimate of drug-likeness (QED) is 0.439. The Balaban J connectivity index is 1.80. The Kier molecular flexibility index (Phi) is 6.12. The molecule has 11 heteroatoms. The van der Waals surface area contributed by atoms with Gasteiger partial charge in [0, 0.05) is 28.9 Å². The molecule has 0 spiro atoms. The first kappa shape index (κ1) is 22.4. The Morgan fingerprint density at radius 1 is 1.24 bits per heavy atom. The van der Waals surface area contributed by atoms with Gasteiger partial charge in [-0.25, -0.2) is 18.1 Å². The molecule has 0 saturated carbocycles. The third kappa shape index (κ3) is 4.30. The van der Waals surface area contributed by atoms with Crippen molar-refractivity contribution in [2.75, 3.05) is 13.2 Å². The molecule has 0 bridgehead atoms. The predicted molar refractivity (Wildman–Crippen MR) is 119 cm³/mol. The molecule has 0 saturated heterocycles. The second-order valence-corrected chi connectivity index (χ2v) is 7.58. The number of hydrogen-bond donors (Lipinski definition) is 4. The van der Waals surface area contributed by atoms with E-state index in [4.69, 9.17) is 16.7 Å². The van der Waals surface area contributed by atoms with Crippen LogP contribution >= 0.6 is 11.6 Å². The summed E-state index contributed by atoms with van der Waals surface area (Å²) in [4.78, 5) is 32.2. The van der Waals surface area contributed by atoms with Crippen LogP contribution in [-0.4, -0.2) is 45.0 Å². The fourth-order valence-corrected chi connectivity index (χ4v) is 3.67. The van der Waals surface area contributed by atoms with E-state index < -0.39 is 35.2 Å². The minimum absolute atomic E-state index is 0.0215. The first-order valence-electron chi connectivity index (χ1n) is 9.73. The highest BCUT2D eigenvalue weighted by Crippen LogP contribution is 2.35. The van der Waals surface area contributed by atoms with Gasteiger partial charge >= 0.3 is 5.69 Å². The predicted octanol–water partition coefficient (Wildman–Crippen LogP) is 2.77. The number of aromatic amines is 1. The maximum Gasteiger partial charge on any atom is 0.329 e. The lowest BCUT2D eigenvalue weighted by Crippen LogP contribution is -2.38. The van der Waals surface area contributed by atoms with Gasteiger partial charge < -0.3 is 20.5 Å². The molecule has 170 valence electrons. The van der Waals surface area contributed by atoms with Crippen LogP contribution in [0.3, 0.4) is 0 Å². The maximum absolute atomic E-state index is 13.9. The van der Waals surface area contributed by atoms with Gasteiger partial charge in [0.15, 0.2) is 11.6 Å². The summed E-state index contributed by atoms with van der Waals surface area (Å²) in [5.41, 5.74) is 0.927. The molecule has 33 heavy (non-hydrogen) atoms. The molecule has 1 aliphatic rings. The van der Waals surface area contributed by atoms with Gasteiger partial charge in [-0.05, 0) is 35.9 Å². The number of hydrogen-bond acceptors (Lipinski definition) is 5. The lowest BCUT2D eigenvalue weighted by Gasteiger charge is -2.18. The van der Waals surface area contributed by atoms with Crippen LogP contribution in [0.15, 0.2) is 46.2 Å². The third-order valence-corrected chi connectivity index (χ3v) is 5.25.